The van der Waals surface area contributed by atoms with Crippen molar-refractivity contribution in [2.24, 2.45) is 0 Å². The zero-order valence-corrected chi connectivity index (χ0v) is 9.16. The minimum absolute atomic E-state index is 0.378. The smallest absolute Gasteiger partial charge is 0.0899 e. The predicted octanol–water partition coefficient (Wildman–Crippen LogP) is -0.513. The van der Waals surface area contributed by atoms with Crippen LogP contribution in [-0.2, 0) is 4.74 Å². The Morgan fingerprint density at radius 3 is 2.23 bits per heavy atom. The highest BCUT2D eigenvalue weighted by atomic mass is 16.5. The van der Waals surface area contributed by atoms with Crippen molar-refractivity contribution in [3.63, 3.8) is 0 Å². The zero-order valence-electron chi connectivity index (χ0n) is 9.16. The molecule has 0 aromatic heterocycles. The maximum absolute atomic E-state index is 9.40. The van der Waals surface area contributed by atoms with Gasteiger partial charge in [0.25, 0.3) is 0 Å². The SMILES string of the molecule is CN(C)CCOCC(O)CN(C)C. The van der Waals surface area contributed by atoms with Gasteiger partial charge in [-0.1, -0.05) is 0 Å². The topological polar surface area (TPSA) is 35.9 Å². The van der Waals surface area contributed by atoms with Crippen molar-refractivity contribution in [2.75, 3.05) is 54.5 Å². The Morgan fingerprint density at radius 1 is 1.15 bits per heavy atom. The van der Waals surface area contributed by atoms with Gasteiger partial charge in [-0.05, 0) is 28.2 Å². The molecule has 1 unspecified atom stereocenters. The Balaban J connectivity index is 3.22. The molecule has 0 radical (unpaired) electrons. The summed E-state index contributed by atoms with van der Waals surface area (Å²) < 4.78 is 5.29. The summed E-state index contributed by atoms with van der Waals surface area (Å²) in [4.78, 5) is 4.00. The van der Waals surface area contributed by atoms with E-state index in [0.29, 0.717) is 19.8 Å². The lowest BCUT2D eigenvalue weighted by Gasteiger charge is -2.16. The number of rotatable bonds is 7. The summed E-state index contributed by atoms with van der Waals surface area (Å²) in [5.74, 6) is 0. The number of aliphatic hydroxyl groups excluding tert-OH is 1. The van der Waals surface area contributed by atoms with E-state index in [0.717, 1.165) is 6.54 Å². The summed E-state index contributed by atoms with van der Waals surface area (Å²) in [6.45, 7) is 2.65. The maximum atomic E-state index is 9.40. The normalized spacial score (nSPS) is 14.1. The molecular formula is C9H22N2O2. The van der Waals surface area contributed by atoms with Crippen LogP contribution in [0.2, 0.25) is 0 Å². The van der Waals surface area contributed by atoms with Crippen molar-refractivity contribution in [3.8, 4) is 0 Å². The number of hydrogen-bond donors (Lipinski definition) is 1. The molecule has 0 aliphatic carbocycles. The van der Waals surface area contributed by atoms with Crippen molar-refractivity contribution >= 4 is 0 Å². The fourth-order valence-electron chi connectivity index (χ4n) is 0.941. The van der Waals surface area contributed by atoms with Crippen molar-refractivity contribution in [3.05, 3.63) is 0 Å². The van der Waals surface area contributed by atoms with E-state index >= 15 is 0 Å². The van der Waals surface area contributed by atoms with Gasteiger partial charge in [-0.2, -0.15) is 0 Å². The standard InChI is InChI=1S/C9H22N2O2/c1-10(2)5-6-13-8-9(12)7-11(3)4/h9,12H,5-8H2,1-4H3. The molecule has 0 fully saturated rings. The lowest BCUT2D eigenvalue weighted by atomic mass is 10.3. The molecule has 0 amide bonds. The van der Waals surface area contributed by atoms with Crippen LogP contribution >= 0.6 is 0 Å². The van der Waals surface area contributed by atoms with Crippen LogP contribution in [0, 0.1) is 0 Å². The van der Waals surface area contributed by atoms with E-state index in [1.54, 1.807) is 0 Å². The summed E-state index contributed by atoms with van der Waals surface area (Å²) in [6, 6.07) is 0. The molecule has 0 rings (SSSR count). The zero-order chi connectivity index (χ0) is 10.3. The van der Waals surface area contributed by atoms with Crippen LogP contribution in [0.5, 0.6) is 0 Å². The third-order valence-corrected chi connectivity index (χ3v) is 1.57. The second-order valence-corrected chi connectivity index (χ2v) is 3.79. The first-order valence-electron chi connectivity index (χ1n) is 4.57. The van der Waals surface area contributed by atoms with Crippen LogP contribution < -0.4 is 0 Å². The predicted molar refractivity (Wildman–Crippen MR) is 53.9 cm³/mol. The molecule has 80 valence electrons. The summed E-state index contributed by atoms with van der Waals surface area (Å²) in [5, 5.41) is 9.40. The lowest BCUT2D eigenvalue weighted by molar-refractivity contribution is 0.0198. The van der Waals surface area contributed by atoms with Crippen molar-refractivity contribution < 1.29 is 9.84 Å². The fourth-order valence-corrected chi connectivity index (χ4v) is 0.941. The molecule has 0 aliphatic heterocycles. The van der Waals surface area contributed by atoms with E-state index in [2.05, 4.69) is 4.90 Å². The first-order chi connectivity index (χ1) is 6.02. The summed E-state index contributed by atoms with van der Waals surface area (Å²) in [7, 11) is 7.87. The molecule has 0 spiro atoms. The van der Waals surface area contributed by atoms with Crippen LogP contribution in [0.15, 0.2) is 0 Å². The fraction of sp³-hybridized carbons (Fsp3) is 1.00. The minimum Gasteiger partial charge on any atom is -0.389 e. The molecule has 1 N–H and O–H groups in total. The van der Waals surface area contributed by atoms with Crippen molar-refractivity contribution in [1.82, 2.24) is 9.80 Å². The maximum Gasteiger partial charge on any atom is 0.0899 e. The van der Waals surface area contributed by atoms with E-state index in [1.165, 1.54) is 0 Å². The van der Waals surface area contributed by atoms with Crippen LogP contribution in [0.3, 0.4) is 0 Å². The first kappa shape index (κ1) is 12.8. The third kappa shape index (κ3) is 9.76. The van der Waals surface area contributed by atoms with Gasteiger partial charge < -0.3 is 19.6 Å². The van der Waals surface area contributed by atoms with Crippen molar-refractivity contribution in [1.29, 1.82) is 0 Å². The minimum atomic E-state index is -0.378. The molecule has 0 heterocycles. The molecule has 0 saturated carbocycles. The molecule has 0 aromatic rings. The molecule has 0 aromatic carbocycles. The van der Waals surface area contributed by atoms with Crippen LogP contribution in [0.4, 0.5) is 0 Å². The van der Waals surface area contributed by atoms with Gasteiger partial charge in [0.05, 0.1) is 19.3 Å². The van der Waals surface area contributed by atoms with E-state index in [1.807, 2.05) is 33.1 Å². The van der Waals surface area contributed by atoms with Gasteiger partial charge in [-0.15, -0.1) is 0 Å². The molecule has 4 nitrogen and oxygen atoms in total. The van der Waals surface area contributed by atoms with Gasteiger partial charge >= 0.3 is 0 Å². The largest absolute Gasteiger partial charge is 0.389 e. The average Bonchev–Trinajstić information content (AvgIpc) is 1.96. The van der Waals surface area contributed by atoms with Crippen LogP contribution in [0.25, 0.3) is 0 Å². The molecule has 0 saturated heterocycles. The highest BCUT2D eigenvalue weighted by Gasteiger charge is 2.04. The average molecular weight is 190 g/mol. The monoisotopic (exact) mass is 190 g/mol. The van der Waals surface area contributed by atoms with E-state index in [-0.39, 0.29) is 6.10 Å². The van der Waals surface area contributed by atoms with Crippen molar-refractivity contribution in [2.45, 2.75) is 6.10 Å². The third-order valence-electron chi connectivity index (χ3n) is 1.57. The molecule has 4 heteroatoms. The Morgan fingerprint density at radius 2 is 1.77 bits per heavy atom. The summed E-state index contributed by atoms with van der Waals surface area (Å²) in [6.07, 6.45) is -0.378. The molecule has 0 aliphatic rings. The summed E-state index contributed by atoms with van der Waals surface area (Å²) in [5.41, 5.74) is 0. The Hall–Kier alpha value is -0.160. The van der Waals surface area contributed by atoms with E-state index in [4.69, 9.17) is 4.74 Å². The number of likely N-dealkylation sites (N-methyl/N-ethyl adjacent to an activating group) is 2. The van der Waals surface area contributed by atoms with Crippen LogP contribution in [-0.4, -0.2) is 75.5 Å². The summed E-state index contributed by atoms with van der Waals surface area (Å²) >= 11 is 0. The van der Waals surface area contributed by atoms with Gasteiger partial charge in [0.1, 0.15) is 0 Å². The van der Waals surface area contributed by atoms with E-state index < -0.39 is 0 Å². The Bertz CT molecular complexity index is 118. The van der Waals surface area contributed by atoms with Crippen LogP contribution in [0.1, 0.15) is 0 Å². The lowest BCUT2D eigenvalue weighted by Crippen LogP contribution is -2.30. The van der Waals surface area contributed by atoms with Gasteiger partial charge in [0.2, 0.25) is 0 Å². The first-order valence-corrected chi connectivity index (χ1v) is 4.57. The van der Waals surface area contributed by atoms with Gasteiger partial charge in [0.15, 0.2) is 0 Å². The Labute approximate surface area is 81.1 Å². The number of ether oxygens (including phenoxy) is 1. The second kappa shape index (κ2) is 7.26. The van der Waals surface area contributed by atoms with Gasteiger partial charge in [-0.3, -0.25) is 0 Å². The van der Waals surface area contributed by atoms with E-state index in [9.17, 15) is 5.11 Å². The molecule has 13 heavy (non-hydrogen) atoms. The molecule has 0 bridgehead atoms. The highest BCUT2D eigenvalue weighted by Crippen LogP contribution is 1.88. The number of nitrogens with zero attached hydrogens (tertiary/aromatic N) is 2. The van der Waals surface area contributed by atoms with Gasteiger partial charge in [-0.25, -0.2) is 0 Å². The molecule has 1 atom stereocenters. The second-order valence-electron chi connectivity index (χ2n) is 3.79. The Kier molecular flexibility index (Phi) is 7.17. The molecular weight excluding hydrogens is 168 g/mol. The highest BCUT2D eigenvalue weighted by molar-refractivity contribution is 4.56. The van der Waals surface area contributed by atoms with Gasteiger partial charge in [0, 0.05) is 13.1 Å². The quantitative estimate of drug-likeness (QED) is 0.548. The number of aliphatic hydroxyl groups is 1. The number of hydrogen-bond acceptors (Lipinski definition) is 4.